The van der Waals surface area contributed by atoms with Crippen molar-refractivity contribution in [1.29, 1.82) is 0 Å². The summed E-state index contributed by atoms with van der Waals surface area (Å²) in [4.78, 5) is 4.35. The van der Waals surface area contributed by atoms with Crippen LogP contribution in [0.4, 0.5) is 8.78 Å². The van der Waals surface area contributed by atoms with E-state index in [-0.39, 0.29) is 11.7 Å². The number of benzene rings is 1. The van der Waals surface area contributed by atoms with Crippen LogP contribution >= 0.6 is 11.3 Å². The first-order valence-corrected chi connectivity index (χ1v) is 6.86. The first kappa shape index (κ1) is 12.7. The zero-order chi connectivity index (χ0) is 13.2. The number of halogens is 2. The molecule has 0 saturated carbocycles. The van der Waals surface area contributed by atoms with Gasteiger partial charge in [0.1, 0.15) is 11.1 Å². The third kappa shape index (κ3) is 2.51. The molecule has 0 bridgehead atoms. The number of nitrogens with one attached hydrogen (secondary N) is 1. The Morgan fingerprint density at radius 3 is 3.05 bits per heavy atom. The number of thiazole rings is 1. The minimum atomic E-state index is -0.859. The van der Waals surface area contributed by atoms with E-state index >= 15 is 0 Å². The van der Waals surface area contributed by atoms with Gasteiger partial charge in [-0.05, 0) is 12.1 Å². The summed E-state index contributed by atoms with van der Waals surface area (Å²) >= 11 is 1.40. The first-order valence-electron chi connectivity index (χ1n) is 5.98. The maximum Gasteiger partial charge on any atom is 0.168 e. The molecule has 1 aliphatic heterocycles. The van der Waals surface area contributed by atoms with E-state index in [1.54, 1.807) is 5.38 Å². The lowest BCUT2D eigenvalue weighted by Gasteiger charge is -2.21. The highest BCUT2D eigenvalue weighted by atomic mass is 32.1. The number of rotatable bonds is 2. The lowest BCUT2D eigenvalue weighted by atomic mass is 10.1. The maximum atomic E-state index is 13.7. The Labute approximate surface area is 113 Å². The van der Waals surface area contributed by atoms with Crippen molar-refractivity contribution < 1.29 is 13.5 Å². The van der Waals surface area contributed by atoms with Gasteiger partial charge in [-0.15, -0.1) is 11.3 Å². The number of aromatic nitrogens is 1. The summed E-state index contributed by atoms with van der Waals surface area (Å²) in [6.07, 6.45) is -0.107. The van der Waals surface area contributed by atoms with Crippen LogP contribution in [0.5, 0.6) is 0 Å². The van der Waals surface area contributed by atoms with Crippen LogP contribution in [0.1, 0.15) is 11.1 Å². The fourth-order valence-electron chi connectivity index (χ4n) is 1.98. The van der Waals surface area contributed by atoms with E-state index in [0.29, 0.717) is 18.8 Å². The monoisotopic (exact) mass is 282 g/mol. The van der Waals surface area contributed by atoms with Crippen molar-refractivity contribution >= 4 is 11.3 Å². The Morgan fingerprint density at radius 1 is 1.37 bits per heavy atom. The van der Waals surface area contributed by atoms with Crippen molar-refractivity contribution in [2.45, 2.75) is 6.10 Å². The molecule has 1 aliphatic rings. The molecule has 0 aliphatic carbocycles. The van der Waals surface area contributed by atoms with Crippen molar-refractivity contribution in [2.75, 3.05) is 19.7 Å². The summed E-state index contributed by atoms with van der Waals surface area (Å²) in [5.74, 6) is -1.72. The molecule has 1 unspecified atom stereocenters. The van der Waals surface area contributed by atoms with Crippen molar-refractivity contribution in [2.24, 2.45) is 0 Å². The van der Waals surface area contributed by atoms with Crippen molar-refractivity contribution in [3.63, 3.8) is 0 Å². The molecule has 0 amide bonds. The molecule has 1 fully saturated rings. The lowest BCUT2D eigenvalue weighted by molar-refractivity contribution is 0.0276. The molecule has 2 heterocycles. The lowest BCUT2D eigenvalue weighted by Crippen LogP contribution is -2.33. The summed E-state index contributed by atoms with van der Waals surface area (Å²) in [6.45, 7) is 2.15. The van der Waals surface area contributed by atoms with Gasteiger partial charge in [-0.2, -0.15) is 0 Å². The molecule has 0 radical (unpaired) electrons. The van der Waals surface area contributed by atoms with Gasteiger partial charge in [0.05, 0.1) is 12.3 Å². The minimum Gasteiger partial charge on any atom is -0.368 e. The van der Waals surface area contributed by atoms with Gasteiger partial charge in [0.25, 0.3) is 0 Å². The number of nitrogens with zero attached hydrogens (tertiary/aromatic N) is 1. The van der Waals surface area contributed by atoms with Crippen LogP contribution in [0.2, 0.25) is 0 Å². The van der Waals surface area contributed by atoms with E-state index in [4.69, 9.17) is 4.74 Å². The normalized spacial score (nSPS) is 19.6. The molecule has 1 aromatic heterocycles. The average Bonchev–Trinajstić information content (AvgIpc) is 2.92. The Hall–Kier alpha value is -1.37. The predicted octanol–water partition coefficient (Wildman–Crippen LogP) is 2.75. The fourth-order valence-corrected chi connectivity index (χ4v) is 2.85. The number of morpholine rings is 1. The number of ether oxygens (including phenoxy) is 1. The van der Waals surface area contributed by atoms with Crippen LogP contribution in [-0.4, -0.2) is 24.7 Å². The zero-order valence-electron chi connectivity index (χ0n) is 10.0. The highest BCUT2D eigenvalue weighted by molar-refractivity contribution is 7.10. The van der Waals surface area contributed by atoms with Crippen LogP contribution in [0, 0.1) is 11.6 Å². The third-order valence-corrected chi connectivity index (χ3v) is 3.89. The quantitative estimate of drug-likeness (QED) is 0.919. The van der Waals surface area contributed by atoms with E-state index in [9.17, 15) is 8.78 Å². The zero-order valence-corrected chi connectivity index (χ0v) is 10.8. The molecule has 0 spiro atoms. The van der Waals surface area contributed by atoms with E-state index in [0.717, 1.165) is 17.6 Å². The summed E-state index contributed by atoms with van der Waals surface area (Å²) < 4.78 is 32.5. The van der Waals surface area contributed by atoms with Crippen molar-refractivity contribution in [3.05, 3.63) is 40.2 Å². The second-order valence-corrected chi connectivity index (χ2v) is 5.13. The van der Waals surface area contributed by atoms with Crippen LogP contribution in [-0.2, 0) is 4.74 Å². The maximum absolute atomic E-state index is 13.7. The summed E-state index contributed by atoms with van der Waals surface area (Å²) in [6, 6.07) is 4.10. The van der Waals surface area contributed by atoms with Crippen LogP contribution in [0.3, 0.4) is 0 Å². The molecule has 1 N–H and O–H groups in total. The molecule has 2 aromatic rings. The number of hydrogen-bond acceptors (Lipinski definition) is 4. The molecule has 19 heavy (non-hydrogen) atoms. The van der Waals surface area contributed by atoms with Gasteiger partial charge in [0, 0.05) is 24.0 Å². The molecular weight excluding hydrogens is 270 g/mol. The minimum absolute atomic E-state index is 0.107. The molecule has 100 valence electrons. The van der Waals surface area contributed by atoms with E-state index < -0.39 is 11.6 Å². The van der Waals surface area contributed by atoms with Crippen molar-refractivity contribution in [3.8, 4) is 11.3 Å². The van der Waals surface area contributed by atoms with Gasteiger partial charge < -0.3 is 10.1 Å². The van der Waals surface area contributed by atoms with Crippen LogP contribution in [0.25, 0.3) is 11.3 Å². The highest BCUT2D eigenvalue weighted by Gasteiger charge is 2.20. The summed E-state index contributed by atoms with van der Waals surface area (Å²) in [5, 5.41) is 5.72. The highest BCUT2D eigenvalue weighted by Crippen LogP contribution is 2.29. The standard InChI is InChI=1S/C13H12F2N2OS/c14-9-3-1-2-8(12(9)15)10-7-19-13(17-10)11-6-16-4-5-18-11/h1-3,7,11,16H,4-6H2. The van der Waals surface area contributed by atoms with Gasteiger partial charge in [0.15, 0.2) is 11.6 Å². The summed E-state index contributed by atoms with van der Waals surface area (Å²) in [5.41, 5.74) is 0.637. The summed E-state index contributed by atoms with van der Waals surface area (Å²) in [7, 11) is 0. The Morgan fingerprint density at radius 2 is 2.26 bits per heavy atom. The van der Waals surface area contributed by atoms with Crippen LogP contribution in [0.15, 0.2) is 23.6 Å². The largest absolute Gasteiger partial charge is 0.368 e. The van der Waals surface area contributed by atoms with E-state index in [1.807, 2.05) is 0 Å². The Bertz CT molecular complexity index is 582. The molecule has 1 atom stereocenters. The van der Waals surface area contributed by atoms with Gasteiger partial charge in [-0.3, -0.25) is 0 Å². The van der Waals surface area contributed by atoms with Gasteiger partial charge in [-0.1, -0.05) is 6.07 Å². The SMILES string of the molecule is Fc1cccc(-c2csc(C3CNCCO3)n2)c1F. The molecule has 3 rings (SSSR count). The molecule has 1 saturated heterocycles. The first-order chi connectivity index (χ1) is 9.25. The van der Waals surface area contributed by atoms with Crippen LogP contribution < -0.4 is 5.32 Å². The van der Waals surface area contributed by atoms with E-state index in [2.05, 4.69) is 10.3 Å². The average molecular weight is 282 g/mol. The molecule has 6 heteroatoms. The molecular formula is C13H12F2N2OS. The van der Waals surface area contributed by atoms with Gasteiger partial charge in [0.2, 0.25) is 0 Å². The second kappa shape index (κ2) is 5.32. The predicted molar refractivity (Wildman–Crippen MR) is 69.0 cm³/mol. The van der Waals surface area contributed by atoms with E-state index in [1.165, 1.54) is 23.5 Å². The Kier molecular flexibility index (Phi) is 3.54. The second-order valence-electron chi connectivity index (χ2n) is 4.24. The number of hydrogen-bond donors (Lipinski definition) is 1. The van der Waals surface area contributed by atoms with Gasteiger partial charge in [-0.25, -0.2) is 13.8 Å². The van der Waals surface area contributed by atoms with Crippen molar-refractivity contribution in [1.82, 2.24) is 10.3 Å². The Balaban J connectivity index is 1.90. The fraction of sp³-hybridized carbons (Fsp3) is 0.308. The smallest absolute Gasteiger partial charge is 0.168 e. The molecule has 1 aromatic carbocycles. The topological polar surface area (TPSA) is 34.1 Å². The third-order valence-electron chi connectivity index (χ3n) is 2.95. The van der Waals surface area contributed by atoms with Gasteiger partial charge >= 0.3 is 0 Å². The molecule has 3 nitrogen and oxygen atoms in total.